The topological polar surface area (TPSA) is 61.2 Å². The van der Waals surface area contributed by atoms with E-state index in [9.17, 15) is 9.59 Å². The zero-order valence-corrected chi connectivity index (χ0v) is 9.11. The maximum absolute atomic E-state index is 11.7. The Bertz CT molecular complexity index is 382. The van der Waals surface area contributed by atoms with Crippen LogP contribution in [0.15, 0.2) is 6.20 Å². The van der Waals surface area contributed by atoms with Gasteiger partial charge in [-0.05, 0) is 6.42 Å². The Morgan fingerprint density at radius 3 is 2.73 bits per heavy atom. The van der Waals surface area contributed by atoms with Crippen LogP contribution in [0.3, 0.4) is 0 Å². The van der Waals surface area contributed by atoms with Gasteiger partial charge in [0, 0.05) is 13.2 Å². The fourth-order valence-corrected chi connectivity index (χ4v) is 1.33. The fraction of sp³-hybridized carbons (Fsp3) is 0.500. The summed E-state index contributed by atoms with van der Waals surface area (Å²) in [5.41, 5.74) is 1.22. The molecule has 0 unspecified atom stereocenters. The van der Waals surface area contributed by atoms with Gasteiger partial charge >= 0.3 is 5.97 Å². The molecule has 1 heterocycles. The summed E-state index contributed by atoms with van der Waals surface area (Å²) >= 11 is 0. The van der Waals surface area contributed by atoms with E-state index in [1.807, 2.05) is 6.92 Å². The Hall–Kier alpha value is -1.65. The van der Waals surface area contributed by atoms with E-state index in [4.69, 9.17) is 0 Å². The monoisotopic (exact) mass is 210 g/mol. The second-order valence-electron chi connectivity index (χ2n) is 3.19. The van der Waals surface area contributed by atoms with Crippen LogP contribution in [-0.4, -0.2) is 28.6 Å². The molecule has 1 aromatic heterocycles. The molecule has 0 radical (unpaired) electrons. The zero-order valence-electron chi connectivity index (χ0n) is 9.11. The van der Waals surface area contributed by atoms with E-state index >= 15 is 0 Å². The lowest BCUT2D eigenvalue weighted by Crippen LogP contribution is -2.10. The summed E-state index contributed by atoms with van der Waals surface area (Å²) in [4.78, 5) is 22.6. The average molecular weight is 210 g/mol. The van der Waals surface area contributed by atoms with Crippen LogP contribution >= 0.6 is 0 Å². The number of rotatable bonds is 4. The smallest absolute Gasteiger partial charge is 0.313 e. The third-order valence-electron chi connectivity index (χ3n) is 2.07. The predicted molar refractivity (Wildman–Crippen MR) is 53.5 cm³/mol. The quantitative estimate of drug-likeness (QED) is 0.417. The first-order chi connectivity index (χ1) is 7.08. The molecule has 0 N–H and O–H groups in total. The fourth-order valence-electron chi connectivity index (χ4n) is 1.33. The van der Waals surface area contributed by atoms with E-state index in [0.29, 0.717) is 17.7 Å². The Morgan fingerprint density at radius 1 is 1.53 bits per heavy atom. The third kappa shape index (κ3) is 2.65. The molecule has 0 aliphatic rings. The van der Waals surface area contributed by atoms with Gasteiger partial charge in [0.25, 0.3) is 0 Å². The highest BCUT2D eigenvalue weighted by Gasteiger charge is 2.17. The number of methoxy groups -OCH3 is 1. The molecular formula is C10H14N2O3. The van der Waals surface area contributed by atoms with Gasteiger partial charge in [-0.25, -0.2) is 0 Å². The molecule has 0 aliphatic heterocycles. The largest absolute Gasteiger partial charge is 0.469 e. The number of esters is 1. The Kier molecular flexibility index (Phi) is 3.60. The minimum absolute atomic E-state index is 0.227. The number of ketones is 1. The third-order valence-corrected chi connectivity index (χ3v) is 2.07. The summed E-state index contributed by atoms with van der Waals surface area (Å²) in [5.74, 6) is -0.766. The van der Waals surface area contributed by atoms with Gasteiger partial charge in [-0.1, -0.05) is 6.92 Å². The molecule has 0 saturated heterocycles. The van der Waals surface area contributed by atoms with Crippen LogP contribution in [0, 0.1) is 0 Å². The first kappa shape index (κ1) is 11.4. The Balaban J connectivity index is 2.85. The van der Waals surface area contributed by atoms with Crippen LogP contribution < -0.4 is 0 Å². The maximum Gasteiger partial charge on any atom is 0.313 e. The van der Waals surface area contributed by atoms with Crippen LogP contribution in [0.4, 0.5) is 0 Å². The van der Waals surface area contributed by atoms with Crippen LogP contribution in [-0.2, 0) is 23.0 Å². The van der Waals surface area contributed by atoms with Crippen LogP contribution in [0.2, 0.25) is 0 Å². The van der Waals surface area contributed by atoms with E-state index in [1.54, 1.807) is 17.9 Å². The molecular weight excluding hydrogens is 196 g/mol. The molecule has 0 saturated carbocycles. The van der Waals surface area contributed by atoms with Crippen molar-refractivity contribution in [2.24, 2.45) is 7.05 Å². The van der Waals surface area contributed by atoms with Gasteiger partial charge in [-0.15, -0.1) is 0 Å². The number of hydrogen-bond acceptors (Lipinski definition) is 4. The van der Waals surface area contributed by atoms with Gasteiger partial charge in [-0.2, -0.15) is 5.10 Å². The highest BCUT2D eigenvalue weighted by molar-refractivity contribution is 6.06. The standard InChI is InChI=1S/C10H14N2O3/c1-4-8-7(6-12(2)11-8)9(13)5-10(14)15-3/h6H,4-5H2,1-3H3. The van der Waals surface area contributed by atoms with Gasteiger partial charge in [0.05, 0.1) is 18.4 Å². The van der Waals surface area contributed by atoms with Crippen molar-refractivity contribution in [1.29, 1.82) is 0 Å². The minimum Gasteiger partial charge on any atom is -0.469 e. The maximum atomic E-state index is 11.7. The van der Waals surface area contributed by atoms with Crippen molar-refractivity contribution < 1.29 is 14.3 Å². The predicted octanol–water partition coefficient (Wildman–Crippen LogP) is 0.728. The molecule has 0 aliphatic carbocycles. The molecule has 0 amide bonds. The lowest BCUT2D eigenvalue weighted by atomic mass is 10.1. The van der Waals surface area contributed by atoms with Crippen molar-refractivity contribution >= 4 is 11.8 Å². The van der Waals surface area contributed by atoms with Crippen LogP contribution in [0.1, 0.15) is 29.4 Å². The number of ether oxygens (including phenoxy) is 1. The number of hydrogen-bond donors (Lipinski definition) is 0. The van der Waals surface area contributed by atoms with E-state index in [0.717, 1.165) is 0 Å². The van der Waals surface area contributed by atoms with Crippen molar-refractivity contribution in [3.63, 3.8) is 0 Å². The minimum atomic E-state index is -0.522. The number of aromatic nitrogens is 2. The number of carbonyl (C=O) groups is 2. The summed E-state index contributed by atoms with van der Waals surface area (Å²) in [6, 6.07) is 0. The van der Waals surface area contributed by atoms with E-state index in [1.165, 1.54) is 7.11 Å². The molecule has 0 spiro atoms. The summed E-state index contributed by atoms with van der Waals surface area (Å²) in [7, 11) is 3.01. The molecule has 1 rings (SSSR count). The second-order valence-corrected chi connectivity index (χ2v) is 3.19. The van der Waals surface area contributed by atoms with Gasteiger partial charge in [0.15, 0.2) is 5.78 Å². The Labute approximate surface area is 88.0 Å². The zero-order chi connectivity index (χ0) is 11.4. The van der Waals surface area contributed by atoms with E-state index in [-0.39, 0.29) is 12.2 Å². The van der Waals surface area contributed by atoms with E-state index in [2.05, 4.69) is 9.84 Å². The van der Waals surface area contributed by atoms with E-state index < -0.39 is 5.97 Å². The van der Waals surface area contributed by atoms with Gasteiger partial charge < -0.3 is 4.74 Å². The van der Waals surface area contributed by atoms with Crippen LogP contribution in [0.25, 0.3) is 0 Å². The summed E-state index contributed by atoms with van der Waals surface area (Å²) < 4.78 is 6.01. The van der Waals surface area contributed by atoms with Crippen molar-refractivity contribution in [2.45, 2.75) is 19.8 Å². The molecule has 0 atom stereocenters. The molecule has 1 aromatic rings. The summed E-state index contributed by atoms with van der Waals surface area (Å²) in [5, 5.41) is 4.13. The SMILES string of the molecule is CCc1nn(C)cc1C(=O)CC(=O)OC. The number of aryl methyl sites for hydroxylation is 2. The second kappa shape index (κ2) is 4.72. The first-order valence-corrected chi connectivity index (χ1v) is 4.71. The number of nitrogens with zero attached hydrogens (tertiary/aromatic N) is 2. The highest BCUT2D eigenvalue weighted by Crippen LogP contribution is 2.10. The lowest BCUT2D eigenvalue weighted by Gasteiger charge is -1.98. The van der Waals surface area contributed by atoms with Crippen molar-refractivity contribution in [3.05, 3.63) is 17.5 Å². The molecule has 5 nitrogen and oxygen atoms in total. The normalized spacial score (nSPS) is 10.1. The van der Waals surface area contributed by atoms with Crippen molar-refractivity contribution in [2.75, 3.05) is 7.11 Å². The number of carbonyl (C=O) groups excluding carboxylic acids is 2. The highest BCUT2D eigenvalue weighted by atomic mass is 16.5. The van der Waals surface area contributed by atoms with Gasteiger partial charge in [0.2, 0.25) is 0 Å². The molecule has 15 heavy (non-hydrogen) atoms. The first-order valence-electron chi connectivity index (χ1n) is 4.71. The van der Waals surface area contributed by atoms with Gasteiger partial charge in [-0.3, -0.25) is 14.3 Å². The Morgan fingerprint density at radius 2 is 2.20 bits per heavy atom. The van der Waals surface area contributed by atoms with Crippen molar-refractivity contribution in [3.8, 4) is 0 Å². The molecule has 0 bridgehead atoms. The van der Waals surface area contributed by atoms with Crippen LogP contribution in [0.5, 0.6) is 0 Å². The lowest BCUT2D eigenvalue weighted by molar-refractivity contribution is -0.139. The summed E-state index contributed by atoms with van der Waals surface area (Å²) in [6.07, 6.45) is 2.07. The molecule has 5 heteroatoms. The van der Waals surface area contributed by atoms with Crippen molar-refractivity contribution in [1.82, 2.24) is 9.78 Å². The number of Topliss-reactive ketones (excluding diaryl/α,β-unsaturated/α-hetero) is 1. The summed E-state index contributed by atoms with van der Waals surface area (Å²) in [6.45, 7) is 1.91. The average Bonchev–Trinajstić information content (AvgIpc) is 2.59. The molecule has 0 fully saturated rings. The molecule has 82 valence electrons. The molecule has 0 aromatic carbocycles. The van der Waals surface area contributed by atoms with Gasteiger partial charge in [0.1, 0.15) is 6.42 Å².